The molecular weight excluding hydrogens is 409 g/mol. The predicted octanol–water partition coefficient (Wildman–Crippen LogP) is 3.19. The van der Waals surface area contributed by atoms with Crippen molar-refractivity contribution in [2.24, 2.45) is 0 Å². The number of rotatable bonds is 18. The second-order valence-electron chi connectivity index (χ2n) is 8.22. The van der Waals surface area contributed by atoms with Gasteiger partial charge in [0.25, 0.3) is 0 Å². The molecule has 24 heavy (non-hydrogen) atoms. The van der Waals surface area contributed by atoms with Crippen LogP contribution in [0.25, 0.3) is 0 Å². The van der Waals surface area contributed by atoms with Gasteiger partial charge < -0.3 is 33.2 Å². The maximum Gasteiger partial charge on any atom is 0.102 e. The van der Waals surface area contributed by atoms with Gasteiger partial charge in [-0.15, -0.1) is 0 Å². The van der Waals surface area contributed by atoms with Crippen LogP contribution in [0.5, 0.6) is 0 Å². The molecule has 0 aromatic heterocycles. The normalized spacial score (nSPS) is 11.5. The van der Waals surface area contributed by atoms with Gasteiger partial charge in [-0.3, -0.25) is 0 Å². The Balaban J connectivity index is 0. The minimum absolute atomic E-state index is 0. The van der Waals surface area contributed by atoms with E-state index in [0.29, 0.717) is 0 Å². The molecule has 0 amide bonds. The van der Waals surface area contributed by atoms with Gasteiger partial charge in [0.1, 0.15) is 6.54 Å². The summed E-state index contributed by atoms with van der Waals surface area (Å²) < 4.78 is 6.70. The molecule has 0 saturated heterocycles. The molecule has 0 rings (SSSR count). The fourth-order valence-electron chi connectivity index (χ4n) is 2.84. The molecule has 148 valence electrons. The van der Waals surface area contributed by atoms with Gasteiger partial charge in [0, 0.05) is 6.61 Å². The lowest BCUT2D eigenvalue weighted by Crippen LogP contribution is -3.00. The van der Waals surface area contributed by atoms with Gasteiger partial charge in [-0.05, 0) is 6.42 Å². The smallest absolute Gasteiger partial charge is 0.102 e. The van der Waals surface area contributed by atoms with Gasteiger partial charge in [0.05, 0.1) is 27.7 Å². The fraction of sp³-hybridized carbons (Fsp3) is 1.00. The summed E-state index contributed by atoms with van der Waals surface area (Å²) in [4.78, 5) is 0. The Bertz CT molecular complexity index is 228. The lowest BCUT2D eigenvalue weighted by molar-refractivity contribution is -0.870. The highest BCUT2D eigenvalue weighted by atomic mass is 127. The first kappa shape index (κ1) is 26.9. The van der Waals surface area contributed by atoms with E-state index in [2.05, 4.69) is 28.1 Å². The van der Waals surface area contributed by atoms with Crippen molar-refractivity contribution < 1.29 is 33.2 Å². The average molecular weight is 456 g/mol. The van der Waals surface area contributed by atoms with Gasteiger partial charge in [0.2, 0.25) is 0 Å². The van der Waals surface area contributed by atoms with Crippen molar-refractivity contribution in [2.45, 2.75) is 96.8 Å². The summed E-state index contributed by atoms with van der Waals surface area (Å²) in [6.45, 7) is 5.26. The Labute approximate surface area is 170 Å². The Morgan fingerprint density at radius 1 is 0.542 bits per heavy atom. The van der Waals surface area contributed by atoms with Crippen LogP contribution in [0, 0.1) is 0 Å². The van der Waals surface area contributed by atoms with Crippen molar-refractivity contribution >= 4 is 0 Å². The van der Waals surface area contributed by atoms with Gasteiger partial charge in [-0.2, -0.15) is 0 Å². The van der Waals surface area contributed by atoms with Gasteiger partial charge in [0.15, 0.2) is 0 Å². The molecular formula is C21H46INO. The van der Waals surface area contributed by atoms with E-state index in [9.17, 15) is 0 Å². The number of likely N-dealkylation sites (N-methyl/N-ethyl adjacent to an activating group) is 1. The van der Waals surface area contributed by atoms with Crippen molar-refractivity contribution in [1.82, 2.24) is 0 Å². The molecule has 0 N–H and O–H groups in total. The third-order valence-corrected chi connectivity index (χ3v) is 4.55. The Kier molecular flexibility index (Phi) is 22.4. The molecule has 0 heterocycles. The SMILES string of the molecule is CCCCCCCCCCCCCCCCOCC[N+](C)(C)C.[I-]. The van der Waals surface area contributed by atoms with E-state index in [0.717, 1.165) is 24.2 Å². The van der Waals surface area contributed by atoms with Crippen LogP contribution in [0.2, 0.25) is 0 Å². The molecule has 0 aromatic carbocycles. The molecule has 0 bridgehead atoms. The number of halogens is 1. The quantitative estimate of drug-likeness (QED) is 0.175. The first-order valence-corrected chi connectivity index (χ1v) is 10.4. The highest BCUT2D eigenvalue weighted by molar-refractivity contribution is 4.49. The lowest BCUT2D eigenvalue weighted by Gasteiger charge is -2.23. The number of hydrogen-bond donors (Lipinski definition) is 0. The van der Waals surface area contributed by atoms with E-state index < -0.39 is 0 Å². The molecule has 0 fully saturated rings. The van der Waals surface area contributed by atoms with Crippen LogP contribution >= 0.6 is 0 Å². The largest absolute Gasteiger partial charge is 1.00 e. The molecule has 0 unspecified atom stereocenters. The van der Waals surface area contributed by atoms with Crippen LogP contribution in [0.4, 0.5) is 0 Å². The van der Waals surface area contributed by atoms with Crippen LogP contribution in [-0.4, -0.2) is 45.4 Å². The van der Waals surface area contributed by atoms with Crippen molar-refractivity contribution in [3.8, 4) is 0 Å². The Morgan fingerprint density at radius 3 is 1.29 bits per heavy atom. The fourth-order valence-corrected chi connectivity index (χ4v) is 2.84. The first-order chi connectivity index (χ1) is 11.1. The second kappa shape index (κ2) is 20.0. The van der Waals surface area contributed by atoms with Crippen LogP contribution < -0.4 is 24.0 Å². The second-order valence-corrected chi connectivity index (χ2v) is 8.22. The molecule has 0 atom stereocenters. The number of nitrogens with zero attached hydrogens (tertiary/aromatic N) is 1. The summed E-state index contributed by atoms with van der Waals surface area (Å²) >= 11 is 0. The number of quaternary nitrogens is 1. The predicted molar refractivity (Wildman–Crippen MR) is 104 cm³/mol. The molecule has 0 aliphatic heterocycles. The minimum atomic E-state index is 0. The molecule has 2 nitrogen and oxygen atoms in total. The summed E-state index contributed by atoms with van der Waals surface area (Å²) in [6.07, 6.45) is 19.9. The summed E-state index contributed by atoms with van der Waals surface area (Å²) in [5.41, 5.74) is 0. The van der Waals surface area contributed by atoms with Crippen LogP contribution in [0.1, 0.15) is 96.8 Å². The van der Waals surface area contributed by atoms with Crippen molar-refractivity contribution in [1.29, 1.82) is 0 Å². The van der Waals surface area contributed by atoms with Crippen LogP contribution in [0.3, 0.4) is 0 Å². The lowest BCUT2D eigenvalue weighted by atomic mass is 10.0. The zero-order valence-electron chi connectivity index (χ0n) is 17.3. The summed E-state index contributed by atoms with van der Waals surface area (Å²) in [6, 6.07) is 0. The maximum absolute atomic E-state index is 5.70. The van der Waals surface area contributed by atoms with Crippen molar-refractivity contribution in [2.75, 3.05) is 40.9 Å². The van der Waals surface area contributed by atoms with Crippen LogP contribution in [-0.2, 0) is 4.74 Å². The zero-order valence-corrected chi connectivity index (χ0v) is 19.4. The average Bonchev–Trinajstić information content (AvgIpc) is 2.49. The van der Waals surface area contributed by atoms with E-state index in [-0.39, 0.29) is 24.0 Å². The highest BCUT2D eigenvalue weighted by Crippen LogP contribution is 2.12. The topological polar surface area (TPSA) is 9.23 Å². The third kappa shape index (κ3) is 24.9. The molecule has 0 radical (unpaired) electrons. The maximum atomic E-state index is 5.70. The van der Waals surface area contributed by atoms with E-state index in [4.69, 9.17) is 4.74 Å². The molecule has 0 aromatic rings. The van der Waals surface area contributed by atoms with E-state index in [1.165, 1.54) is 89.9 Å². The standard InChI is InChI=1S/C21H46NO.HI/c1-5-6-7-8-9-10-11-12-13-14-15-16-17-18-20-23-21-19-22(2,3)4;/h5-21H2,1-4H3;1H/q+1;/p-1. The Morgan fingerprint density at radius 2 is 0.917 bits per heavy atom. The summed E-state index contributed by atoms with van der Waals surface area (Å²) in [5, 5.41) is 0. The molecule has 0 saturated carbocycles. The van der Waals surface area contributed by atoms with Gasteiger partial charge in [-0.25, -0.2) is 0 Å². The van der Waals surface area contributed by atoms with E-state index in [1.54, 1.807) is 0 Å². The molecule has 0 aliphatic carbocycles. The van der Waals surface area contributed by atoms with E-state index >= 15 is 0 Å². The molecule has 0 aliphatic rings. The molecule has 3 heteroatoms. The Hall–Kier alpha value is 0.650. The summed E-state index contributed by atoms with van der Waals surface area (Å²) in [7, 11) is 6.65. The number of ether oxygens (including phenoxy) is 1. The van der Waals surface area contributed by atoms with Gasteiger partial charge >= 0.3 is 0 Å². The van der Waals surface area contributed by atoms with Crippen LogP contribution in [0.15, 0.2) is 0 Å². The van der Waals surface area contributed by atoms with Crippen molar-refractivity contribution in [3.63, 3.8) is 0 Å². The molecule has 0 spiro atoms. The third-order valence-electron chi connectivity index (χ3n) is 4.55. The summed E-state index contributed by atoms with van der Waals surface area (Å²) in [5.74, 6) is 0. The highest BCUT2D eigenvalue weighted by Gasteiger charge is 2.05. The minimum Gasteiger partial charge on any atom is -1.00 e. The van der Waals surface area contributed by atoms with E-state index in [1.807, 2.05) is 0 Å². The number of hydrogen-bond acceptors (Lipinski definition) is 1. The van der Waals surface area contributed by atoms with Crippen molar-refractivity contribution in [3.05, 3.63) is 0 Å². The van der Waals surface area contributed by atoms with Gasteiger partial charge in [-0.1, -0.05) is 90.4 Å². The number of unbranched alkanes of at least 4 members (excludes halogenated alkanes) is 13. The zero-order chi connectivity index (χ0) is 17.2. The monoisotopic (exact) mass is 455 g/mol. The first-order valence-electron chi connectivity index (χ1n) is 10.4.